The second kappa shape index (κ2) is 3.14. The van der Waals surface area contributed by atoms with Crippen molar-refractivity contribution in [2.24, 2.45) is 0 Å². The molecule has 0 aliphatic carbocycles. The van der Waals surface area contributed by atoms with E-state index in [9.17, 15) is 4.39 Å². The lowest BCUT2D eigenvalue weighted by Gasteiger charge is -1.98. The van der Waals surface area contributed by atoms with E-state index in [4.69, 9.17) is 0 Å². The molecular formula is C6H5FINO. The van der Waals surface area contributed by atoms with Crippen LogP contribution in [0.5, 0.6) is 5.88 Å². The third-order valence-corrected chi connectivity index (χ3v) is 1.56. The van der Waals surface area contributed by atoms with E-state index in [-0.39, 0.29) is 5.88 Å². The number of ether oxygens (including phenoxy) is 1. The summed E-state index contributed by atoms with van der Waals surface area (Å²) in [5.41, 5.74) is 0. The van der Waals surface area contributed by atoms with Crippen LogP contribution in [0.1, 0.15) is 0 Å². The largest absolute Gasteiger partial charge is 0.479 e. The molecule has 0 fully saturated rings. The summed E-state index contributed by atoms with van der Waals surface area (Å²) in [6, 6.07) is 1.37. The van der Waals surface area contributed by atoms with Crippen LogP contribution in [0.25, 0.3) is 0 Å². The maximum absolute atomic E-state index is 12.7. The van der Waals surface area contributed by atoms with E-state index in [0.29, 0.717) is 0 Å². The van der Waals surface area contributed by atoms with Gasteiger partial charge < -0.3 is 4.74 Å². The molecule has 4 heteroatoms. The van der Waals surface area contributed by atoms with Gasteiger partial charge in [-0.15, -0.1) is 0 Å². The Bertz CT molecular complexity index is 241. The topological polar surface area (TPSA) is 22.1 Å². The Morgan fingerprint density at radius 1 is 1.70 bits per heavy atom. The molecule has 0 aliphatic rings. The summed E-state index contributed by atoms with van der Waals surface area (Å²) in [5, 5.41) is 0. The first-order chi connectivity index (χ1) is 4.74. The van der Waals surface area contributed by atoms with E-state index in [1.807, 2.05) is 22.6 Å². The first kappa shape index (κ1) is 7.71. The molecule has 2 nitrogen and oxygen atoms in total. The van der Waals surface area contributed by atoms with E-state index >= 15 is 0 Å². The lowest BCUT2D eigenvalue weighted by molar-refractivity contribution is 0.369. The zero-order valence-electron chi connectivity index (χ0n) is 5.27. The van der Waals surface area contributed by atoms with Gasteiger partial charge >= 0.3 is 0 Å². The first-order valence-electron chi connectivity index (χ1n) is 2.59. The van der Waals surface area contributed by atoms with Crippen molar-refractivity contribution in [3.63, 3.8) is 0 Å². The fourth-order valence-electron chi connectivity index (χ4n) is 0.552. The lowest BCUT2D eigenvalue weighted by atomic mass is 10.5. The zero-order valence-corrected chi connectivity index (χ0v) is 7.42. The van der Waals surface area contributed by atoms with E-state index in [1.54, 1.807) is 6.20 Å². The Balaban J connectivity index is 3.07. The maximum atomic E-state index is 12.7. The minimum atomic E-state index is -0.422. The summed E-state index contributed by atoms with van der Waals surface area (Å²) in [7, 11) is 1.39. The molecule has 0 atom stereocenters. The van der Waals surface area contributed by atoms with Gasteiger partial charge in [-0.3, -0.25) is 0 Å². The Labute approximate surface area is 71.6 Å². The van der Waals surface area contributed by atoms with Crippen molar-refractivity contribution in [3.05, 3.63) is 21.7 Å². The third-order valence-electron chi connectivity index (χ3n) is 0.967. The Kier molecular flexibility index (Phi) is 2.42. The number of methoxy groups -OCH3 is 1. The second-order valence-electron chi connectivity index (χ2n) is 1.64. The minimum absolute atomic E-state index is 0.0421. The summed E-state index contributed by atoms with van der Waals surface area (Å²) < 4.78 is 18.0. The van der Waals surface area contributed by atoms with Crippen LogP contribution < -0.4 is 4.74 Å². The molecule has 0 bridgehead atoms. The standard InChI is InChI=1S/C6H5FINO/c1-10-6-5(7)2-4(8)3-9-6/h2-3H,1H3. The molecule has 10 heavy (non-hydrogen) atoms. The molecule has 0 aliphatic heterocycles. The van der Waals surface area contributed by atoms with Gasteiger partial charge in [0.05, 0.1) is 7.11 Å². The molecule has 0 unspecified atom stereocenters. The highest BCUT2D eigenvalue weighted by Crippen LogP contribution is 2.14. The van der Waals surface area contributed by atoms with Gasteiger partial charge in [0, 0.05) is 9.77 Å². The van der Waals surface area contributed by atoms with Crippen LogP contribution >= 0.6 is 22.6 Å². The van der Waals surface area contributed by atoms with Gasteiger partial charge in [0.1, 0.15) is 0 Å². The average Bonchev–Trinajstić information content (AvgIpc) is 1.88. The van der Waals surface area contributed by atoms with Crippen molar-refractivity contribution in [3.8, 4) is 5.88 Å². The highest BCUT2D eigenvalue weighted by Gasteiger charge is 2.01. The van der Waals surface area contributed by atoms with E-state index < -0.39 is 5.82 Å². The van der Waals surface area contributed by atoms with Crippen molar-refractivity contribution in [1.82, 2.24) is 4.98 Å². The SMILES string of the molecule is COc1ncc(I)cc1F. The van der Waals surface area contributed by atoms with Crippen LogP contribution in [0.4, 0.5) is 4.39 Å². The lowest BCUT2D eigenvalue weighted by Crippen LogP contribution is -1.91. The summed E-state index contributed by atoms with van der Waals surface area (Å²) in [4.78, 5) is 3.69. The fraction of sp³-hybridized carbons (Fsp3) is 0.167. The second-order valence-corrected chi connectivity index (χ2v) is 2.89. The fourth-order valence-corrected chi connectivity index (χ4v) is 0.965. The molecule has 0 saturated heterocycles. The van der Waals surface area contributed by atoms with Gasteiger partial charge in [-0.05, 0) is 28.7 Å². The van der Waals surface area contributed by atoms with Crippen molar-refractivity contribution in [1.29, 1.82) is 0 Å². The molecule has 0 aromatic carbocycles. The zero-order chi connectivity index (χ0) is 7.56. The predicted molar refractivity (Wildman–Crippen MR) is 43.5 cm³/mol. The molecule has 1 aromatic rings. The van der Waals surface area contributed by atoms with Crippen LogP contribution in [-0.4, -0.2) is 12.1 Å². The molecule has 54 valence electrons. The first-order valence-corrected chi connectivity index (χ1v) is 3.67. The quantitative estimate of drug-likeness (QED) is 0.712. The highest BCUT2D eigenvalue weighted by molar-refractivity contribution is 14.1. The van der Waals surface area contributed by atoms with Crippen LogP contribution in [0.2, 0.25) is 0 Å². The van der Waals surface area contributed by atoms with Gasteiger partial charge in [-0.25, -0.2) is 9.37 Å². The van der Waals surface area contributed by atoms with Crippen LogP contribution in [0, 0.1) is 9.39 Å². The van der Waals surface area contributed by atoms with Crippen molar-refractivity contribution >= 4 is 22.6 Å². The molecule has 1 heterocycles. The molecule has 1 rings (SSSR count). The molecule has 0 amide bonds. The minimum Gasteiger partial charge on any atom is -0.479 e. The molecule has 1 aromatic heterocycles. The Morgan fingerprint density at radius 3 is 2.90 bits per heavy atom. The third kappa shape index (κ3) is 1.56. The smallest absolute Gasteiger partial charge is 0.250 e. The number of pyridine rings is 1. The summed E-state index contributed by atoms with van der Waals surface area (Å²) in [6.07, 6.45) is 1.54. The summed E-state index contributed by atoms with van der Waals surface area (Å²) >= 11 is 1.98. The predicted octanol–water partition coefficient (Wildman–Crippen LogP) is 1.83. The number of rotatable bonds is 1. The molecular weight excluding hydrogens is 248 g/mol. The van der Waals surface area contributed by atoms with Crippen LogP contribution in [-0.2, 0) is 0 Å². The normalized spacial score (nSPS) is 9.50. The van der Waals surface area contributed by atoms with Crippen molar-refractivity contribution in [2.45, 2.75) is 0 Å². The average molecular weight is 253 g/mol. The van der Waals surface area contributed by atoms with Crippen LogP contribution in [0.3, 0.4) is 0 Å². The number of hydrogen-bond donors (Lipinski definition) is 0. The molecule has 0 spiro atoms. The van der Waals surface area contributed by atoms with Gasteiger partial charge in [0.15, 0.2) is 5.82 Å². The van der Waals surface area contributed by atoms with Crippen LogP contribution in [0.15, 0.2) is 12.3 Å². The van der Waals surface area contributed by atoms with E-state index in [0.717, 1.165) is 3.57 Å². The summed E-state index contributed by atoms with van der Waals surface area (Å²) in [5.74, 6) is -0.380. The van der Waals surface area contributed by atoms with E-state index in [1.165, 1.54) is 13.2 Å². The van der Waals surface area contributed by atoms with Crippen molar-refractivity contribution < 1.29 is 9.13 Å². The van der Waals surface area contributed by atoms with Crippen molar-refractivity contribution in [2.75, 3.05) is 7.11 Å². The van der Waals surface area contributed by atoms with Gasteiger partial charge in [-0.1, -0.05) is 0 Å². The molecule has 0 N–H and O–H groups in total. The maximum Gasteiger partial charge on any atom is 0.250 e. The van der Waals surface area contributed by atoms with Gasteiger partial charge in [0.2, 0.25) is 5.88 Å². The highest BCUT2D eigenvalue weighted by atomic mass is 127. The Hall–Kier alpha value is -0.390. The number of nitrogens with zero attached hydrogens (tertiary/aromatic N) is 1. The van der Waals surface area contributed by atoms with Gasteiger partial charge in [-0.2, -0.15) is 0 Å². The monoisotopic (exact) mass is 253 g/mol. The Morgan fingerprint density at radius 2 is 2.40 bits per heavy atom. The molecule has 0 saturated carbocycles. The summed E-state index contributed by atoms with van der Waals surface area (Å²) in [6.45, 7) is 0. The number of aromatic nitrogens is 1. The number of halogens is 2. The molecule has 0 radical (unpaired) electrons. The van der Waals surface area contributed by atoms with Gasteiger partial charge in [0.25, 0.3) is 0 Å². The number of hydrogen-bond acceptors (Lipinski definition) is 2. The van der Waals surface area contributed by atoms with E-state index in [2.05, 4.69) is 9.72 Å².